The van der Waals surface area contributed by atoms with Crippen LogP contribution >= 0.6 is 15.9 Å². The minimum atomic E-state index is 0.741. The van der Waals surface area contributed by atoms with E-state index in [0.717, 1.165) is 32.8 Å². The lowest BCUT2D eigenvalue weighted by molar-refractivity contribution is 1.11. The first kappa shape index (κ1) is 11.3. The maximum absolute atomic E-state index is 5.81. The number of aromatic nitrogens is 2. The van der Waals surface area contributed by atoms with Gasteiger partial charge < -0.3 is 10.1 Å². The molecule has 0 aliphatic rings. The molecule has 0 unspecified atom stereocenters. The lowest BCUT2D eigenvalue weighted by atomic mass is 10.1. The third-order valence-electron chi connectivity index (χ3n) is 3.00. The summed E-state index contributed by atoms with van der Waals surface area (Å²) < 4.78 is 3.09. The van der Waals surface area contributed by atoms with E-state index in [1.165, 1.54) is 0 Å². The summed E-state index contributed by atoms with van der Waals surface area (Å²) in [5, 5.41) is 0. The Hall–Kier alpha value is -1.81. The van der Waals surface area contributed by atoms with E-state index >= 15 is 0 Å². The van der Waals surface area contributed by atoms with Crippen LogP contribution in [0.25, 0.3) is 16.9 Å². The zero-order valence-electron chi connectivity index (χ0n) is 9.89. The van der Waals surface area contributed by atoms with Crippen LogP contribution in [0.5, 0.6) is 0 Å². The number of imidazole rings is 1. The van der Waals surface area contributed by atoms with Crippen molar-refractivity contribution in [2.45, 2.75) is 6.92 Å². The van der Waals surface area contributed by atoms with Gasteiger partial charge in [0.05, 0.1) is 5.69 Å². The highest BCUT2D eigenvalue weighted by Gasteiger charge is 2.10. The van der Waals surface area contributed by atoms with Crippen LogP contribution in [0.15, 0.2) is 47.1 Å². The van der Waals surface area contributed by atoms with Crippen LogP contribution in [0.3, 0.4) is 0 Å². The molecule has 0 aliphatic carbocycles. The summed E-state index contributed by atoms with van der Waals surface area (Å²) in [6.07, 6.45) is 1.90. The van der Waals surface area contributed by atoms with Crippen LogP contribution in [0, 0.1) is 6.92 Å². The molecule has 0 saturated carbocycles. The molecule has 90 valence electrons. The Morgan fingerprint density at radius 2 is 1.83 bits per heavy atom. The predicted molar refractivity (Wildman–Crippen MR) is 77.5 cm³/mol. The molecule has 2 aromatic heterocycles. The van der Waals surface area contributed by atoms with Gasteiger partial charge in [-0.1, -0.05) is 28.1 Å². The molecule has 3 nitrogen and oxygen atoms in total. The van der Waals surface area contributed by atoms with Gasteiger partial charge in [-0.05, 0) is 31.2 Å². The van der Waals surface area contributed by atoms with Crippen molar-refractivity contribution >= 4 is 27.3 Å². The van der Waals surface area contributed by atoms with Gasteiger partial charge in [0.2, 0.25) is 0 Å². The van der Waals surface area contributed by atoms with E-state index in [0.29, 0.717) is 0 Å². The topological polar surface area (TPSA) is 43.3 Å². The summed E-state index contributed by atoms with van der Waals surface area (Å²) in [6.45, 7) is 2.05. The Kier molecular flexibility index (Phi) is 2.59. The maximum Gasteiger partial charge on any atom is 0.137 e. The molecule has 0 atom stereocenters. The van der Waals surface area contributed by atoms with Crippen LogP contribution in [0.1, 0.15) is 5.69 Å². The molecule has 18 heavy (non-hydrogen) atoms. The average Bonchev–Trinajstić information content (AvgIpc) is 2.68. The molecular formula is C14H12BrN3. The number of rotatable bonds is 1. The lowest BCUT2D eigenvalue weighted by Gasteiger charge is -2.00. The SMILES string of the molecule is Cc1c(-c2ccc(Br)cc2)nc2ccc(N)cn12. The molecule has 0 aliphatic heterocycles. The van der Waals surface area contributed by atoms with E-state index in [9.17, 15) is 0 Å². The third-order valence-corrected chi connectivity index (χ3v) is 3.53. The van der Waals surface area contributed by atoms with Gasteiger partial charge >= 0.3 is 0 Å². The molecule has 2 heterocycles. The van der Waals surface area contributed by atoms with Crippen LogP contribution in [0.4, 0.5) is 5.69 Å². The number of hydrogen-bond donors (Lipinski definition) is 1. The molecule has 2 N–H and O–H groups in total. The van der Waals surface area contributed by atoms with E-state index in [1.54, 1.807) is 0 Å². The van der Waals surface area contributed by atoms with E-state index in [4.69, 9.17) is 5.73 Å². The highest BCUT2D eigenvalue weighted by molar-refractivity contribution is 9.10. The number of benzene rings is 1. The Morgan fingerprint density at radius 1 is 1.11 bits per heavy atom. The number of nitrogens with zero attached hydrogens (tertiary/aromatic N) is 2. The van der Waals surface area contributed by atoms with Crippen LogP contribution in [-0.4, -0.2) is 9.38 Å². The van der Waals surface area contributed by atoms with Crippen LogP contribution in [0.2, 0.25) is 0 Å². The quantitative estimate of drug-likeness (QED) is 0.745. The summed E-state index contributed by atoms with van der Waals surface area (Å²) in [5.41, 5.74) is 10.7. The van der Waals surface area contributed by atoms with E-state index in [-0.39, 0.29) is 0 Å². The zero-order chi connectivity index (χ0) is 12.7. The van der Waals surface area contributed by atoms with Crippen molar-refractivity contribution in [1.82, 2.24) is 9.38 Å². The van der Waals surface area contributed by atoms with Crippen molar-refractivity contribution in [1.29, 1.82) is 0 Å². The molecular weight excluding hydrogens is 290 g/mol. The molecule has 3 rings (SSSR count). The summed E-state index contributed by atoms with van der Waals surface area (Å²) in [5.74, 6) is 0. The number of anilines is 1. The zero-order valence-corrected chi connectivity index (χ0v) is 11.5. The average molecular weight is 302 g/mol. The molecule has 1 aromatic carbocycles. The van der Waals surface area contributed by atoms with Gasteiger partial charge in [-0.3, -0.25) is 0 Å². The first-order chi connectivity index (χ1) is 8.65. The van der Waals surface area contributed by atoms with Crippen molar-refractivity contribution in [3.05, 3.63) is 52.8 Å². The normalized spacial score (nSPS) is 11.0. The van der Waals surface area contributed by atoms with Crippen molar-refractivity contribution in [2.24, 2.45) is 0 Å². The van der Waals surface area contributed by atoms with Gasteiger partial charge in [-0.15, -0.1) is 0 Å². The summed E-state index contributed by atoms with van der Waals surface area (Å²) >= 11 is 3.44. The third kappa shape index (κ3) is 1.78. The highest BCUT2D eigenvalue weighted by Crippen LogP contribution is 2.25. The molecule has 4 heteroatoms. The number of hydrogen-bond acceptors (Lipinski definition) is 2. The largest absolute Gasteiger partial charge is 0.398 e. The molecule has 0 saturated heterocycles. The van der Waals surface area contributed by atoms with Gasteiger partial charge in [-0.25, -0.2) is 4.98 Å². The van der Waals surface area contributed by atoms with Crippen molar-refractivity contribution in [3.8, 4) is 11.3 Å². The summed E-state index contributed by atoms with van der Waals surface area (Å²) in [4.78, 5) is 4.65. The lowest BCUT2D eigenvalue weighted by Crippen LogP contribution is -1.91. The van der Waals surface area contributed by atoms with Gasteiger partial charge in [-0.2, -0.15) is 0 Å². The number of halogens is 1. The fraction of sp³-hybridized carbons (Fsp3) is 0.0714. The van der Waals surface area contributed by atoms with Gasteiger partial charge in [0, 0.05) is 27.6 Å². The Balaban J connectivity index is 2.23. The molecule has 3 aromatic rings. The van der Waals surface area contributed by atoms with Crippen LogP contribution in [-0.2, 0) is 0 Å². The van der Waals surface area contributed by atoms with Crippen molar-refractivity contribution in [2.75, 3.05) is 5.73 Å². The van der Waals surface area contributed by atoms with E-state index < -0.39 is 0 Å². The first-order valence-electron chi connectivity index (χ1n) is 5.65. The van der Waals surface area contributed by atoms with E-state index in [2.05, 4.69) is 40.0 Å². The Morgan fingerprint density at radius 3 is 2.56 bits per heavy atom. The van der Waals surface area contributed by atoms with Gasteiger partial charge in [0.15, 0.2) is 0 Å². The van der Waals surface area contributed by atoms with E-state index in [1.807, 2.05) is 34.9 Å². The molecule has 0 fully saturated rings. The number of pyridine rings is 1. The Labute approximate surface area is 113 Å². The second kappa shape index (κ2) is 4.14. The van der Waals surface area contributed by atoms with Crippen LogP contribution < -0.4 is 5.73 Å². The second-order valence-electron chi connectivity index (χ2n) is 4.24. The monoisotopic (exact) mass is 301 g/mol. The molecule has 0 bridgehead atoms. The molecule has 0 amide bonds. The standard InChI is InChI=1S/C14H12BrN3/c1-9-14(10-2-4-11(15)5-3-10)17-13-7-6-12(16)8-18(9)13/h2-8H,16H2,1H3. The number of nitrogen functional groups attached to an aromatic ring is 1. The number of fused-ring (bicyclic) bond motifs is 1. The van der Waals surface area contributed by atoms with Crippen molar-refractivity contribution in [3.63, 3.8) is 0 Å². The predicted octanol–water partition coefficient (Wildman–Crippen LogP) is 3.65. The summed E-state index contributed by atoms with van der Waals surface area (Å²) in [6, 6.07) is 12.0. The number of nitrogens with two attached hydrogens (primary N) is 1. The minimum absolute atomic E-state index is 0.741. The number of aryl methyl sites for hydroxylation is 1. The maximum atomic E-state index is 5.81. The van der Waals surface area contributed by atoms with Gasteiger partial charge in [0.25, 0.3) is 0 Å². The fourth-order valence-electron chi connectivity index (χ4n) is 2.06. The molecule has 0 spiro atoms. The molecule has 0 radical (unpaired) electrons. The second-order valence-corrected chi connectivity index (χ2v) is 5.16. The van der Waals surface area contributed by atoms with Gasteiger partial charge in [0.1, 0.15) is 5.65 Å². The van der Waals surface area contributed by atoms with Crippen molar-refractivity contribution < 1.29 is 0 Å². The fourth-order valence-corrected chi connectivity index (χ4v) is 2.32. The first-order valence-corrected chi connectivity index (χ1v) is 6.44. The highest BCUT2D eigenvalue weighted by atomic mass is 79.9. The smallest absolute Gasteiger partial charge is 0.137 e. The summed E-state index contributed by atoms with van der Waals surface area (Å²) in [7, 11) is 0. The Bertz CT molecular complexity index is 714. The minimum Gasteiger partial charge on any atom is -0.398 e.